The van der Waals surface area contributed by atoms with Crippen LogP contribution >= 0.6 is 23.6 Å². The third kappa shape index (κ3) is 3.03. The van der Waals surface area contributed by atoms with E-state index in [1.807, 2.05) is 0 Å². The monoisotopic (exact) mass is 359 g/mol. The number of hydrogen-bond donors (Lipinski definition) is 2. The molecule has 0 saturated carbocycles. The van der Waals surface area contributed by atoms with E-state index in [1.165, 1.54) is 15.9 Å². The van der Waals surface area contributed by atoms with Crippen molar-refractivity contribution in [2.24, 2.45) is 0 Å². The number of hydrogen-bond acceptors (Lipinski definition) is 6. The summed E-state index contributed by atoms with van der Waals surface area (Å²) < 4.78 is 1.69. The quantitative estimate of drug-likeness (QED) is 0.552. The number of aromatic amines is 1. The van der Waals surface area contributed by atoms with Crippen LogP contribution in [0.25, 0.3) is 10.9 Å². The lowest BCUT2D eigenvalue weighted by Crippen LogP contribution is -2.22. The van der Waals surface area contributed by atoms with Crippen molar-refractivity contribution in [1.82, 2.24) is 19.7 Å². The molecule has 2 heterocycles. The van der Waals surface area contributed by atoms with E-state index in [9.17, 15) is 9.59 Å². The van der Waals surface area contributed by atoms with Gasteiger partial charge in [-0.15, -0.1) is 16.8 Å². The SMILES string of the molecule is C=CCn1c(=S)[nH]c2cc(C(=O)Nc3nnc(C)s3)ccc2c1=O. The van der Waals surface area contributed by atoms with Gasteiger partial charge in [0.15, 0.2) is 4.77 Å². The normalized spacial score (nSPS) is 10.7. The summed E-state index contributed by atoms with van der Waals surface area (Å²) in [4.78, 5) is 27.7. The maximum absolute atomic E-state index is 12.4. The van der Waals surface area contributed by atoms with Crippen LogP contribution in [0.3, 0.4) is 0 Å². The zero-order valence-corrected chi connectivity index (χ0v) is 14.3. The maximum Gasteiger partial charge on any atom is 0.262 e. The van der Waals surface area contributed by atoms with E-state index in [-0.39, 0.29) is 16.2 Å². The van der Waals surface area contributed by atoms with Crippen LogP contribution in [0, 0.1) is 11.7 Å². The molecule has 24 heavy (non-hydrogen) atoms. The Morgan fingerprint density at radius 3 is 2.96 bits per heavy atom. The first-order valence-electron chi connectivity index (χ1n) is 6.99. The highest BCUT2D eigenvalue weighted by Crippen LogP contribution is 2.16. The van der Waals surface area contributed by atoms with Crippen molar-refractivity contribution >= 4 is 45.5 Å². The Morgan fingerprint density at radius 1 is 1.50 bits per heavy atom. The summed E-state index contributed by atoms with van der Waals surface area (Å²) in [5.74, 6) is -0.331. The minimum absolute atomic E-state index is 0.222. The van der Waals surface area contributed by atoms with Gasteiger partial charge in [0.25, 0.3) is 11.5 Å². The fourth-order valence-corrected chi connectivity index (χ4v) is 3.06. The van der Waals surface area contributed by atoms with Crippen molar-refractivity contribution in [3.8, 4) is 0 Å². The van der Waals surface area contributed by atoms with Crippen molar-refractivity contribution in [3.63, 3.8) is 0 Å². The standard InChI is InChI=1S/C15H13N5O2S2/c1-3-6-20-13(22)10-5-4-9(7-11(10)16-15(20)23)12(21)17-14-19-18-8(2)24-14/h3-5,7H,1,6H2,2H3,(H,16,23)(H,17,19,21). The Morgan fingerprint density at radius 2 is 2.29 bits per heavy atom. The summed E-state index contributed by atoms with van der Waals surface area (Å²) in [6, 6.07) is 4.78. The van der Waals surface area contributed by atoms with Crippen LogP contribution in [0.15, 0.2) is 35.6 Å². The van der Waals surface area contributed by atoms with E-state index < -0.39 is 0 Å². The second-order valence-corrected chi connectivity index (χ2v) is 6.54. The number of nitrogens with one attached hydrogen (secondary N) is 2. The molecule has 0 saturated heterocycles. The van der Waals surface area contributed by atoms with Crippen LogP contribution < -0.4 is 10.9 Å². The minimum Gasteiger partial charge on any atom is -0.332 e. The lowest BCUT2D eigenvalue weighted by Gasteiger charge is -2.07. The molecular weight excluding hydrogens is 346 g/mol. The largest absolute Gasteiger partial charge is 0.332 e. The van der Waals surface area contributed by atoms with Crippen LogP contribution in [-0.4, -0.2) is 25.7 Å². The van der Waals surface area contributed by atoms with Crippen molar-refractivity contribution in [2.75, 3.05) is 5.32 Å². The fraction of sp³-hybridized carbons (Fsp3) is 0.133. The molecule has 0 fully saturated rings. The van der Waals surface area contributed by atoms with E-state index in [0.29, 0.717) is 28.1 Å². The van der Waals surface area contributed by atoms with Gasteiger partial charge in [0.1, 0.15) is 5.01 Å². The second kappa shape index (κ2) is 6.46. The number of aromatic nitrogens is 4. The Bertz CT molecular complexity index is 1060. The molecule has 0 bridgehead atoms. The van der Waals surface area contributed by atoms with Gasteiger partial charge < -0.3 is 4.98 Å². The highest BCUT2D eigenvalue weighted by atomic mass is 32.1. The number of allylic oxidation sites excluding steroid dienone is 1. The molecule has 3 rings (SSSR count). The number of rotatable bonds is 4. The van der Waals surface area contributed by atoms with Crippen LogP contribution in [-0.2, 0) is 6.54 Å². The molecule has 1 aromatic carbocycles. The van der Waals surface area contributed by atoms with E-state index in [2.05, 4.69) is 27.1 Å². The summed E-state index contributed by atoms with van der Waals surface area (Å²) in [7, 11) is 0. The number of benzene rings is 1. The van der Waals surface area contributed by atoms with E-state index in [0.717, 1.165) is 5.01 Å². The predicted octanol–water partition coefficient (Wildman–Crippen LogP) is 2.66. The number of H-pyrrole nitrogens is 1. The molecule has 9 heteroatoms. The molecule has 7 nitrogen and oxygen atoms in total. The molecule has 2 aromatic heterocycles. The molecule has 0 aliphatic rings. The number of fused-ring (bicyclic) bond motifs is 1. The molecule has 0 aliphatic carbocycles. The molecule has 0 spiro atoms. The average molecular weight is 359 g/mol. The van der Waals surface area contributed by atoms with Crippen LogP contribution in [0.4, 0.5) is 5.13 Å². The second-order valence-electron chi connectivity index (χ2n) is 4.98. The zero-order chi connectivity index (χ0) is 17.3. The summed E-state index contributed by atoms with van der Waals surface area (Å²) in [5.41, 5.74) is 0.675. The summed E-state index contributed by atoms with van der Waals surface area (Å²) in [6.07, 6.45) is 1.60. The third-order valence-corrected chi connectivity index (χ3v) is 4.38. The molecule has 3 aromatic rings. The smallest absolute Gasteiger partial charge is 0.262 e. The predicted molar refractivity (Wildman–Crippen MR) is 96.2 cm³/mol. The van der Waals surface area contributed by atoms with Gasteiger partial charge in [0, 0.05) is 12.1 Å². The zero-order valence-electron chi connectivity index (χ0n) is 12.7. The van der Waals surface area contributed by atoms with Crippen LogP contribution in [0.1, 0.15) is 15.4 Å². The number of aryl methyl sites for hydroxylation is 1. The molecule has 122 valence electrons. The molecule has 1 amide bonds. The molecular formula is C15H13N5O2S2. The van der Waals surface area contributed by atoms with Crippen molar-refractivity contribution < 1.29 is 4.79 Å². The molecule has 0 unspecified atom stereocenters. The van der Waals surface area contributed by atoms with Crippen molar-refractivity contribution in [2.45, 2.75) is 13.5 Å². The number of amides is 1. The highest BCUT2D eigenvalue weighted by Gasteiger charge is 2.12. The van der Waals surface area contributed by atoms with Gasteiger partial charge in [0.05, 0.1) is 10.9 Å². The van der Waals surface area contributed by atoms with Gasteiger partial charge in [-0.3, -0.25) is 19.5 Å². The lowest BCUT2D eigenvalue weighted by atomic mass is 10.1. The first-order valence-corrected chi connectivity index (χ1v) is 8.21. The Balaban J connectivity index is 2.01. The molecule has 0 atom stereocenters. The maximum atomic E-state index is 12.4. The summed E-state index contributed by atoms with van der Waals surface area (Å²) in [6.45, 7) is 5.74. The Labute approximate surface area is 145 Å². The number of nitrogens with zero attached hydrogens (tertiary/aromatic N) is 3. The van der Waals surface area contributed by atoms with Crippen molar-refractivity contribution in [3.05, 3.63) is 56.6 Å². The molecule has 0 radical (unpaired) electrons. The number of anilines is 1. The number of carbonyl (C=O) groups excluding carboxylic acids is 1. The minimum atomic E-state index is -0.331. The summed E-state index contributed by atoms with van der Waals surface area (Å²) in [5, 5.41) is 12.0. The Kier molecular flexibility index (Phi) is 4.36. The van der Waals surface area contributed by atoms with Gasteiger partial charge in [-0.2, -0.15) is 0 Å². The van der Waals surface area contributed by atoms with E-state index in [4.69, 9.17) is 12.2 Å². The van der Waals surface area contributed by atoms with Gasteiger partial charge in [-0.05, 0) is 37.3 Å². The van der Waals surface area contributed by atoms with Crippen molar-refractivity contribution in [1.29, 1.82) is 0 Å². The highest BCUT2D eigenvalue weighted by molar-refractivity contribution is 7.71. The fourth-order valence-electron chi connectivity index (χ4n) is 2.21. The lowest BCUT2D eigenvalue weighted by molar-refractivity contribution is 0.102. The topological polar surface area (TPSA) is 92.7 Å². The average Bonchev–Trinajstić information content (AvgIpc) is 2.95. The van der Waals surface area contributed by atoms with Gasteiger partial charge in [-0.25, -0.2) is 0 Å². The molecule has 2 N–H and O–H groups in total. The number of carbonyl (C=O) groups is 1. The van der Waals surface area contributed by atoms with Crippen LogP contribution in [0.2, 0.25) is 0 Å². The van der Waals surface area contributed by atoms with E-state index in [1.54, 1.807) is 31.2 Å². The van der Waals surface area contributed by atoms with Gasteiger partial charge in [0.2, 0.25) is 5.13 Å². The van der Waals surface area contributed by atoms with E-state index >= 15 is 0 Å². The molecule has 0 aliphatic heterocycles. The van der Waals surface area contributed by atoms with Gasteiger partial charge in [-0.1, -0.05) is 17.4 Å². The van der Waals surface area contributed by atoms with Crippen LogP contribution in [0.5, 0.6) is 0 Å². The first-order chi connectivity index (χ1) is 11.5. The van der Waals surface area contributed by atoms with Gasteiger partial charge >= 0.3 is 0 Å². The first kappa shape index (κ1) is 16.2. The Hall–Kier alpha value is -2.65. The summed E-state index contributed by atoms with van der Waals surface area (Å²) >= 11 is 6.48. The third-order valence-electron chi connectivity index (χ3n) is 3.30.